The van der Waals surface area contributed by atoms with Crippen molar-refractivity contribution in [1.82, 2.24) is 0 Å². The number of hydrogen-bond donors (Lipinski definition) is 3. The first-order chi connectivity index (χ1) is 14.6. The summed E-state index contributed by atoms with van der Waals surface area (Å²) < 4.78 is 0. The number of hydrogen-bond acceptors (Lipinski definition) is 3. The van der Waals surface area contributed by atoms with Crippen LogP contribution in [0.1, 0.15) is 32.1 Å². The van der Waals surface area contributed by atoms with Crippen molar-refractivity contribution in [2.45, 2.75) is 32.1 Å². The lowest BCUT2D eigenvalue weighted by Gasteiger charge is -2.08. The van der Waals surface area contributed by atoms with Crippen molar-refractivity contribution in [2.75, 3.05) is 16.4 Å². The second-order valence-electron chi connectivity index (χ2n) is 7.19. The van der Waals surface area contributed by atoms with E-state index in [4.69, 9.17) is 5.73 Å². The number of nitrogens with one attached hydrogen (secondary N) is 2. The number of para-hydroxylation sites is 2. The number of amides is 2. The Labute approximate surface area is 177 Å². The molecule has 3 aromatic rings. The van der Waals surface area contributed by atoms with E-state index in [-0.39, 0.29) is 11.8 Å². The minimum atomic E-state index is -0.0594. The summed E-state index contributed by atoms with van der Waals surface area (Å²) in [6.45, 7) is 0. The van der Waals surface area contributed by atoms with E-state index >= 15 is 0 Å². The third-order valence-electron chi connectivity index (χ3n) is 4.82. The van der Waals surface area contributed by atoms with Crippen LogP contribution in [0, 0.1) is 0 Å². The molecule has 0 aromatic heterocycles. The third kappa shape index (κ3) is 6.48. The first-order valence-electron chi connectivity index (χ1n) is 10.2. The molecule has 2 amide bonds. The number of carbonyl (C=O) groups is 2. The Bertz CT molecular complexity index is 969. The van der Waals surface area contributed by atoms with Gasteiger partial charge in [0.1, 0.15) is 0 Å². The van der Waals surface area contributed by atoms with E-state index in [1.54, 1.807) is 12.1 Å². The maximum absolute atomic E-state index is 12.1. The van der Waals surface area contributed by atoms with Crippen molar-refractivity contribution in [3.05, 3.63) is 78.9 Å². The van der Waals surface area contributed by atoms with Crippen molar-refractivity contribution in [2.24, 2.45) is 0 Å². The Morgan fingerprint density at radius 1 is 0.633 bits per heavy atom. The largest absolute Gasteiger partial charge is 0.397 e. The number of benzene rings is 3. The van der Waals surface area contributed by atoms with E-state index in [0.29, 0.717) is 24.2 Å². The second kappa shape index (κ2) is 10.8. The number of anilines is 3. The summed E-state index contributed by atoms with van der Waals surface area (Å²) in [6, 6.07) is 25.2. The van der Waals surface area contributed by atoms with Gasteiger partial charge in [-0.1, -0.05) is 61.0 Å². The zero-order valence-electron chi connectivity index (χ0n) is 16.9. The van der Waals surface area contributed by atoms with Gasteiger partial charge in [0.05, 0.1) is 11.4 Å². The average Bonchev–Trinajstić information content (AvgIpc) is 2.76. The van der Waals surface area contributed by atoms with Crippen molar-refractivity contribution < 1.29 is 9.59 Å². The fraction of sp³-hybridized carbons (Fsp3) is 0.200. The van der Waals surface area contributed by atoms with Gasteiger partial charge >= 0.3 is 0 Å². The summed E-state index contributed by atoms with van der Waals surface area (Å²) in [5.41, 5.74) is 10.1. The van der Waals surface area contributed by atoms with Crippen molar-refractivity contribution in [3.8, 4) is 11.1 Å². The summed E-state index contributed by atoms with van der Waals surface area (Å²) >= 11 is 0. The summed E-state index contributed by atoms with van der Waals surface area (Å²) in [7, 11) is 0. The molecular formula is C25H27N3O2. The van der Waals surface area contributed by atoms with Crippen molar-refractivity contribution in [3.63, 3.8) is 0 Å². The van der Waals surface area contributed by atoms with Gasteiger partial charge in [-0.3, -0.25) is 9.59 Å². The van der Waals surface area contributed by atoms with Crippen molar-refractivity contribution in [1.29, 1.82) is 0 Å². The zero-order valence-corrected chi connectivity index (χ0v) is 16.9. The number of rotatable bonds is 9. The van der Waals surface area contributed by atoms with Gasteiger partial charge in [0.2, 0.25) is 11.8 Å². The summed E-state index contributed by atoms with van der Waals surface area (Å²) in [6.07, 6.45) is 3.15. The van der Waals surface area contributed by atoms with Crippen LogP contribution < -0.4 is 16.4 Å². The third-order valence-corrected chi connectivity index (χ3v) is 4.82. The first-order valence-corrected chi connectivity index (χ1v) is 10.2. The minimum Gasteiger partial charge on any atom is -0.397 e. The quantitative estimate of drug-likeness (QED) is 0.329. The van der Waals surface area contributed by atoms with Crippen LogP contribution in [0.2, 0.25) is 0 Å². The molecule has 5 heteroatoms. The van der Waals surface area contributed by atoms with E-state index in [0.717, 1.165) is 36.1 Å². The van der Waals surface area contributed by atoms with Crippen LogP contribution in [0.15, 0.2) is 78.9 Å². The molecule has 30 heavy (non-hydrogen) atoms. The van der Waals surface area contributed by atoms with E-state index in [2.05, 4.69) is 22.8 Å². The Morgan fingerprint density at radius 3 is 1.87 bits per heavy atom. The van der Waals surface area contributed by atoms with Crippen LogP contribution in [0.5, 0.6) is 0 Å². The topological polar surface area (TPSA) is 84.2 Å². The highest BCUT2D eigenvalue weighted by atomic mass is 16.2. The summed E-state index contributed by atoms with van der Waals surface area (Å²) in [5.74, 6) is -0.0696. The molecule has 0 fully saturated rings. The zero-order chi connectivity index (χ0) is 21.2. The molecular weight excluding hydrogens is 374 g/mol. The van der Waals surface area contributed by atoms with Crippen molar-refractivity contribution >= 4 is 28.9 Å². The second-order valence-corrected chi connectivity index (χ2v) is 7.19. The molecule has 0 saturated carbocycles. The van der Waals surface area contributed by atoms with Gasteiger partial charge in [-0.15, -0.1) is 0 Å². The van der Waals surface area contributed by atoms with E-state index < -0.39 is 0 Å². The monoisotopic (exact) mass is 401 g/mol. The highest BCUT2D eigenvalue weighted by Crippen LogP contribution is 2.21. The number of nitrogen functional groups attached to an aromatic ring is 1. The molecule has 0 atom stereocenters. The predicted octanol–water partition coefficient (Wildman–Crippen LogP) is 5.46. The normalized spacial score (nSPS) is 10.4. The molecule has 3 rings (SSSR count). The van der Waals surface area contributed by atoms with Gasteiger partial charge < -0.3 is 16.4 Å². The minimum absolute atomic E-state index is 0.0102. The molecule has 3 aromatic carbocycles. The van der Waals surface area contributed by atoms with Gasteiger partial charge in [0, 0.05) is 18.5 Å². The van der Waals surface area contributed by atoms with E-state index in [9.17, 15) is 9.59 Å². The molecule has 0 saturated heterocycles. The maximum atomic E-state index is 12.1. The Morgan fingerprint density at radius 2 is 1.20 bits per heavy atom. The van der Waals surface area contributed by atoms with Crippen LogP contribution >= 0.6 is 0 Å². The fourth-order valence-corrected chi connectivity index (χ4v) is 3.17. The lowest BCUT2D eigenvalue weighted by Crippen LogP contribution is -2.13. The predicted molar refractivity (Wildman–Crippen MR) is 123 cm³/mol. The highest BCUT2D eigenvalue weighted by Gasteiger charge is 2.06. The molecule has 0 bridgehead atoms. The molecule has 4 N–H and O–H groups in total. The highest BCUT2D eigenvalue weighted by molar-refractivity contribution is 5.93. The van der Waals surface area contributed by atoms with Gasteiger partial charge in [0.15, 0.2) is 0 Å². The van der Waals surface area contributed by atoms with E-state index in [1.807, 2.05) is 54.6 Å². The molecule has 0 aliphatic heterocycles. The summed E-state index contributed by atoms with van der Waals surface area (Å²) in [4.78, 5) is 24.1. The molecule has 0 aliphatic carbocycles. The molecule has 0 aliphatic rings. The smallest absolute Gasteiger partial charge is 0.224 e. The van der Waals surface area contributed by atoms with Gasteiger partial charge in [-0.2, -0.15) is 0 Å². The first kappa shape index (κ1) is 21.1. The van der Waals surface area contributed by atoms with Gasteiger partial charge in [0.25, 0.3) is 0 Å². The average molecular weight is 402 g/mol. The fourth-order valence-electron chi connectivity index (χ4n) is 3.17. The molecule has 0 unspecified atom stereocenters. The van der Waals surface area contributed by atoms with Crippen LogP contribution in [0.4, 0.5) is 17.1 Å². The maximum Gasteiger partial charge on any atom is 0.224 e. The Hall–Kier alpha value is -3.60. The van der Waals surface area contributed by atoms with Crippen LogP contribution in [0.3, 0.4) is 0 Å². The molecule has 0 radical (unpaired) electrons. The standard InChI is InChI=1S/C25H27N3O2/c26-22-11-7-8-12-23(22)28-25(30)14-6-2-5-13-24(29)27-21-17-15-20(16-18-21)19-9-3-1-4-10-19/h1,3-4,7-12,15-18H,2,5-6,13-14,26H2,(H,27,29)(H,28,30). The van der Waals surface area contributed by atoms with Gasteiger partial charge in [-0.05, 0) is 48.2 Å². The lowest BCUT2D eigenvalue weighted by molar-refractivity contribution is -0.116. The van der Waals surface area contributed by atoms with Crippen LogP contribution in [-0.2, 0) is 9.59 Å². The molecule has 0 heterocycles. The van der Waals surface area contributed by atoms with Gasteiger partial charge in [-0.25, -0.2) is 0 Å². The number of unbranched alkanes of at least 4 members (excludes halogenated alkanes) is 2. The Kier molecular flexibility index (Phi) is 7.61. The number of carbonyl (C=O) groups excluding carboxylic acids is 2. The number of nitrogens with two attached hydrogens (primary N) is 1. The van der Waals surface area contributed by atoms with E-state index in [1.165, 1.54) is 0 Å². The van der Waals surface area contributed by atoms with Crippen LogP contribution in [-0.4, -0.2) is 11.8 Å². The van der Waals surface area contributed by atoms with Crippen LogP contribution in [0.25, 0.3) is 11.1 Å². The lowest BCUT2D eigenvalue weighted by atomic mass is 10.1. The SMILES string of the molecule is Nc1ccccc1NC(=O)CCCCCC(=O)Nc1ccc(-c2ccccc2)cc1. The molecule has 154 valence electrons. The molecule has 5 nitrogen and oxygen atoms in total. The Balaban J connectivity index is 1.33. The summed E-state index contributed by atoms with van der Waals surface area (Å²) in [5, 5.41) is 5.74. The molecule has 0 spiro atoms.